The molecule has 1 aromatic carbocycles. The third kappa shape index (κ3) is 5.87. The molecule has 4 heteroatoms. The summed E-state index contributed by atoms with van der Waals surface area (Å²) in [6.07, 6.45) is 0.905. The fourth-order valence-electron chi connectivity index (χ4n) is 1.56. The maximum absolute atomic E-state index is 5.02. The van der Waals surface area contributed by atoms with Gasteiger partial charge >= 0.3 is 0 Å². The molecule has 0 saturated carbocycles. The van der Waals surface area contributed by atoms with E-state index in [9.17, 15) is 0 Å². The minimum absolute atomic E-state index is 0.254. The molecule has 0 aliphatic carbocycles. The van der Waals surface area contributed by atoms with Crippen LogP contribution in [-0.4, -0.2) is 30.7 Å². The zero-order chi connectivity index (χ0) is 13.6. The van der Waals surface area contributed by atoms with Gasteiger partial charge in [0.2, 0.25) is 0 Å². The molecular formula is C14H23NO2S. The first-order valence-corrected chi connectivity index (χ1v) is 6.90. The summed E-state index contributed by atoms with van der Waals surface area (Å²) >= 11 is 1.88. The first-order valence-electron chi connectivity index (χ1n) is 6.08. The van der Waals surface area contributed by atoms with Gasteiger partial charge in [-0.05, 0) is 24.1 Å². The molecule has 0 heterocycles. The Kier molecular flexibility index (Phi) is 6.15. The van der Waals surface area contributed by atoms with Gasteiger partial charge in [-0.15, -0.1) is 11.8 Å². The smallest absolute Gasteiger partial charge is 0.0601 e. The average molecular weight is 269 g/mol. The van der Waals surface area contributed by atoms with Crippen molar-refractivity contribution in [2.24, 2.45) is 0 Å². The fourth-order valence-corrected chi connectivity index (χ4v) is 2.53. The van der Waals surface area contributed by atoms with E-state index in [1.807, 2.05) is 11.8 Å². The molecule has 0 amide bonds. The van der Waals surface area contributed by atoms with Crippen molar-refractivity contribution in [1.29, 1.82) is 0 Å². The summed E-state index contributed by atoms with van der Waals surface area (Å²) in [5, 5.41) is 1.47. The van der Waals surface area contributed by atoms with Gasteiger partial charge in [-0.2, -0.15) is 0 Å². The number of hydrogen-bond donors (Lipinski definition) is 0. The van der Waals surface area contributed by atoms with E-state index in [1.54, 1.807) is 14.2 Å². The van der Waals surface area contributed by atoms with Crippen LogP contribution in [0.5, 0.6) is 0 Å². The highest BCUT2D eigenvalue weighted by Gasteiger charge is 2.11. The molecule has 18 heavy (non-hydrogen) atoms. The largest absolute Gasteiger partial charge is 0.278 e. The number of rotatable bonds is 6. The van der Waals surface area contributed by atoms with E-state index in [-0.39, 0.29) is 4.75 Å². The Bertz CT molecular complexity index is 342. The van der Waals surface area contributed by atoms with Crippen LogP contribution in [0.4, 0.5) is 0 Å². The summed E-state index contributed by atoms with van der Waals surface area (Å²) in [6, 6.07) is 8.68. The van der Waals surface area contributed by atoms with Crippen molar-refractivity contribution in [2.75, 3.05) is 20.8 Å². The third-order valence-corrected chi connectivity index (χ3v) is 3.46. The Hall–Kier alpha value is -0.550. The Morgan fingerprint density at radius 2 is 1.61 bits per heavy atom. The third-order valence-electron chi connectivity index (χ3n) is 2.34. The van der Waals surface area contributed by atoms with Gasteiger partial charge in [0.15, 0.2) is 0 Å². The summed E-state index contributed by atoms with van der Waals surface area (Å²) in [7, 11) is 3.21. The summed E-state index contributed by atoms with van der Waals surface area (Å²) in [4.78, 5) is 11.3. The van der Waals surface area contributed by atoms with Gasteiger partial charge in [0.1, 0.15) is 0 Å². The van der Waals surface area contributed by atoms with Crippen LogP contribution < -0.4 is 0 Å². The highest BCUT2D eigenvalue weighted by Crippen LogP contribution is 2.31. The molecular weight excluding hydrogens is 246 g/mol. The Labute approximate surface area is 114 Å². The molecule has 1 rings (SSSR count). The van der Waals surface area contributed by atoms with Crippen molar-refractivity contribution in [3.63, 3.8) is 0 Å². The van der Waals surface area contributed by atoms with Crippen molar-refractivity contribution in [2.45, 2.75) is 36.8 Å². The van der Waals surface area contributed by atoms with E-state index in [2.05, 4.69) is 45.0 Å². The van der Waals surface area contributed by atoms with Gasteiger partial charge in [-0.25, -0.2) is 0 Å². The highest BCUT2D eigenvalue weighted by atomic mass is 32.2. The van der Waals surface area contributed by atoms with Crippen LogP contribution in [0.15, 0.2) is 29.2 Å². The number of nitrogens with zero attached hydrogens (tertiary/aromatic N) is 1. The van der Waals surface area contributed by atoms with E-state index >= 15 is 0 Å². The number of hydrogen-bond acceptors (Lipinski definition) is 4. The van der Waals surface area contributed by atoms with Crippen LogP contribution in [0.25, 0.3) is 0 Å². The normalized spacial score (nSPS) is 12.1. The second kappa shape index (κ2) is 7.14. The molecule has 0 spiro atoms. The minimum atomic E-state index is 0.254. The summed E-state index contributed by atoms with van der Waals surface area (Å²) in [5.41, 5.74) is 1.28. The van der Waals surface area contributed by atoms with E-state index in [0.717, 1.165) is 13.0 Å². The lowest BCUT2D eigenvalue weighted by atomic mass is 10.1. The lowest BCUT2D eigenvalue weighted by Crippen LogP contribution is -2.23. The van der Waals surface area contributed by atoms with Crippen molar-refractivity contribution < 1.29 is 9.68 Å². The maximum atomic E-state index is 5.02. The zero-order valence-corrected chi connectivity index (χ0v) is 12.7. The van der Waals surface area contributed by atoms with E-state index < -0.39 is 0 Å². The van der Waals surface area contributed by atoms with Gasteiger partial charge in [0, 0.05) is 9.64 Å². The number of hydroxylamine groups is 2. The van der Waals surface area contributed by atoms with Crippen LogP contribution >= 0.6 is 11.8 Å². The lowest BCUT2D eigenvalue weighted by Gasteiger charge is -2.18. The second-order valence-electron chi connectivity index (χ2n) is 5.03. The SMILES string of the molecule is CON(CCc1ccc(SC(C)(C)C)cc1)OC. The Morgan fingerprint density at radius 1 is 1.06 bits per heavy atom. The van der Waals surface area contributed by atoms with Gasteiger partial charge < -0.3 is 0 Å². The molecule has 0 N–H and O–H groups in total. The molecule has 0 aliphatic heterocycles. The van der Waals surface area contributed by atoms with Crippen LogP contribution in [0.1, 0.15) is 26.3 Å². The first-order chi connectivity index (χ1) is 8.44. The molecule has 0 bridgehead atoms. The maximum Gasteiger partial charge on any atom is 0.0601 e. The quantitative estimate of drug-likeness (QED) is 0.581. The van der Waals surface area contributed by atoms with E-state index in [1.165, 1.54) is 15.7 Å². The molecule has 102 valence electrons. The molecule has 0 atom stereocenters. The van der Waals surface area contributed by atoms with Crippen LogP contribution in [-0.2, 0) is 16.1 Å². The second-order valence-corrected chi connectivity index (χ2v) is 6.93. The van der Waals surface area contributed by atoms with Gasteiger partial charge in [-0.1, -0.05) is 38.1 Å². The Morgan fingerprint density at radius 3 is 2.06 bits per heavy atom. The van der Waals surface area contributed by atoms with Crippen LogP contribution in [0.2, 0.25) is 0 Å². The monoisotopic (exact) mass is 269 g/mol. The van der Waals surface area contributed by atoms with Gasteiger partial charge in [0.05, 0.1) is 20.8 Å². The van der Waals surface area contributed by atoms with Crippen LogP contribution in [0.3, 0.4) is 0 Å². The zero-order valence-electron chi connectivity index (χ0n) is 11.9. The fraction of sp³-hybridized carbons (Fsp3) is 0.571. The number of benzene rings is 1. The van der Waals surface area contributed by atoms with E-state index in [0.29, 0.717) is 0 Å². The molecule has 0 radical (unpaired) electrons. The standard InChI is InChI=1S/C14H23NO2S/c1-14(2,3)18-13-8-6-12(7-9-13)10-11-15(16-4)17-5/h6-9H,10-11H2,1-5H3. The highest BCUT2D eigenvalue weighted by molar-refractivity contribution is 8.00. The van der Waals surface area contributed by atoms with Crippen LogP contribution in [0, 0.1) is 0 Å². The average Bonchev–Trinajstić information content (AvgIpc) is 2.30. The molecule has 0 unspecified atom stereocenters. The lowest BCUT2D eigenvalue weighted by molar-refractivity contribution is -0.341. The predicted molar refractivity (Wildman–Crippen MR) is 76.5 cm³/mol. The molecule has 0 saturated heterocycles. The van der Waals surface area contributed by atoms with Crippen molar-refractivity contribution >= 4 is 11.8 Å². The predicted octanol–water partition coefficient (Wildman–Crippen LogP) is 3.54. The topological polar surface area (TPSA) is 21.7 Å². The summed E-state index contributed by atoms with van der Waals surface area (Å²) in [5.74, 6) is 0. The summed E-state index contributed by atoms with van der Waals surface area (Å²) in [6.45, 7) is 7.39. The molecule has 3 nitrogen and oxygen atoms in total. The van der Waals surface area contributed by atoms with Crippen molar-refractivity contribution in [3.8, 4) is 0 Å². The number of thioether (sulfide) groups is 1. The van der Waals surface area contributed by atoms with Crippen molar-refractivity contribution in [1.82, 2.24) is 5.23 Å². The molecule has 0 fully saturated rings. The van der Waals surface area contributed by atoms with E-state index in [4.69, 9.17) is 9.68 Å². The summed E-state index contributed by atoms with van der Waals surface area (Å²) < 4.78 is 0.254. The minimum Gasteiger partial charge on any atom is -0.278 e. The van der Waals surface area contributed by atoms with Gasteiger partial charge in [-0.3, -0.25) is 9.68 Å². The van der Waals surface area contributed by atoms with Gasteiger partial charge in [0.25, 0.3) is 0 Å². The van der Waals surface area contributed by atoms with Crippen molar-refractivity contribution in [3.05, 3.63) is 29.8 Å². The molecule has 1 aromatic rings. The molecule has 0 aromatic heterocycles. The molecule has 0 aliphatic rings. The first kappa shape index (κ1) is 15.5. The Balaban J connectivity index is 2.50.